The second kappa shape index (κ2) is 7.35. The average molecular weight is 421 g/mol. The number of halogens is 3. The Hall–Kier alpha value is -1.87. The predicted octanol–water partition coefficient (Wildman–Crippen LogP) is 3.92. The number of ether oxygens (including phenoxy) is 1. The molecule has 0 bridgehead atoms. The molecule has 0 fully saturated rings. The summed E-state index contributed by atoms with van der Waals surface area (Å²) in [5.74, 6) is -0.254. The number of hydrogen-bond acceptors (Lipinski definition) is 4. The van der Waals surface area contributed by atoms with Gasteiger partial charge in [0.1, 0.15) is 10.6 Å². The number of nitrogens with one attached hydrogen (secondary N) is 1. The number of benzene rings is 2. The van der Waals surface area contributed by atoms with Crippen molar-refractivity contribution in [3.05, 3.63) is 46.9 Å². The van der Waals surface area contributed by atoms with Crippen LogP contribution in [-0.4, -0.2) is 29.1 Å². The Bertz CT molecular complexity index is 829. The number of anilines is 2. The number of rotatable bonds is 6. The zero-order valence-corrected chi connectivity index (χ0v) is 15.2. The summed E-state index contributed by atoms with van der Waals surface area (Å²) in [7, 11) is -0.453. The summed E-state index contributed by atoms with van der Waals surface area (Å²) in [6.07, 6.45) is 0. The molecule has 0 aliphatic rings. The Balaban J connectivity index is 2.41. The average Bonchev–Trinajstić information content (AvgIpc) is 2.48. The summed E-state index contributed by atoms with van der Waals surface area (Å²) in [6, 6.07) is 10.4. The summed E-state index contributed by atoms with van der Waals surface area (Å²) in [5, 5.41) is 0. The van der Waals surface area contributed by atoms with Gasteiger partial charge in [0.05, 0.1) is 5.69 Å². The van der Waals surface area contributed by atoms with E-state index in [1.165, 1.54) is 30.3 Å². The monoisotopic (exact) mass is 420 g/mol. The molecule has 0 heterocycles. The van der Waals surface area contributed by atoms with E-state index >= 15 is 0 Å². The molecular weight excluding hydrogens is 406 g/mol. The molecule has 2 rings (SSSR count). The Labute approximate surface area is 147 Å². The molecule has 1 N–H and O–H groups in total. The molecule has 0 atom stereocenters. The van der Waals surface area contributed by atoms with Crippen molar-refractivity contribution >= 4 is 37.3 Å². The molecule has 0 radical (unpaired) electrons. The standard InChI is InChI=1S/C15H15BrF2N2O3S/c1-20(2)10-7-8-11(16)14(9-10)24(21,22)19-12-5-3-4-6-13(12)23-15(17)18/h3-9,15,19H,1-2H3. The fourth-order valence-corrected chi connectivity index (χ4v) is 3.98. The number of para-hydroxylation sites is 2. The van der Waals surface area contributed by atoms with Gasteiger partial charge in [-0.15, -0.1) is 0 Å². The SMILES string of the molecule is CN(C)c1ccc(Br)c(S(=O)(=O)Nc2ccccc2OC(F)F)c1. The van der Waals surface area contributed by atoms with Crippen molar-refractivity contribution in [3.8, 4) is 5.75 Å². The maximum Gasteiger partial charge on any atom is 0.387 e. The van der Waals surface area contributed by atoms with Gasteiger partial charge in [0.25, 0.3) is 10.0 Å². The molecule has 0 aliphatic heterocycles. The van der Waals surface area contributed by atoms with Gasteiger partial charge < -0.3 is 9.64 Å². The van der Waals surface area contributed by atoms with Gasteiger partial charge in [0.15, 0.2) is 0 Å². The number of alkyl halides is 2. The Morgan fingerprint density at radius 2 is 1.83 bits per heavy atom. The van der Waals surface area contributed by atoms with Crippen LogP contribution in [0.15, 0.2) is 51.8 Å². The normalized spacial score (nSPS) is 11.4. The van der Waals surface area contributed by atoms with Crippen molar-refractivity contribution < 1.29 is 21.9 Å². The molecule has 2 aromatic carbocycles. The molecule has 0 aliphatic carbocycles. The van der Waals surface area contributed by atoms with E-state index < -0.39 is 16.6 Å². The van der Waals surface area contributed by atoms with Crippen molar-refractivity contribution in [2.24, 2.45) is 0 Å². The smallest absolute Gasteiger partial charge is 0.387 e. The van der Waals surface area contributed by atoms with E-state index in [1.54, 1.807) is 31.1 Å². The van der Waals surface area contributed by atoms with Crippen LogP contribution in [-0.2, 0) is 10.0 Å². The predicted molar refractivity (Wildman–Crippen MR) is 92.4 cm³/mol. The lowest BCUT2D eigenvalue weighted by Gasteiger charge is -2.17. The van der Waals surface area contributed by atoms with Crippen LogP contribution in [0.25, 0.3) is 0 Å². The molecule has 0 spiro atoms. The van der Waals surface area contributed by atoms with Gasteiger partial charge in [0.2, 0.25) is 0 Å². The minimum Gasteiger partial charge on any atom is -0.433 e. The van der Waals surface area contributed by atoms with E-state index in [1.807, 2.05) is 0 Å². The van der Waals surface area contributed by atoms with E-state index in [-0.39, 0.29) is 16.3 Å². The first kappa shape index (κ1) is 18.5. The van der Waals surface area contributed by atoms with Crippen molar-refractivity contribution in [3.63, 3.8) is 0 Å². The third kappa shape index (κ3) is 4.35. The molecule has 130 valence electrons. The summed E-state index contributed by atoms with van der Waals surface area (Å²) in [5.41, 5.74) is 0.607. The van der Waals surface area contributed by atoms with E-state index in [0.29, 0.717) is 10.2 Å². The Kier molecular flexibility index (Phi) is 5.66. The van der Waals surface area contributed by atoms with Crippen molar-refractivity contribution in [1.29, 1.82) is 0 Å². The van der Waals surface area contributed by atoms with Crippen LogP contribution in [0.4, 0.5) is 20.2 Å². The van der Waals surface area contributed by atoms with Crippen molar-refractivity contribution in [2.45, 2.75) is 11.5 Å². The van der Waals surface area contributed by atoms with Gasteiger partial charge in [-0.05, 0) is 46.3 Å². The van der Waals surface area contributed by atoms with E-state index in [0.717, 1.165) is 0 Å². The van der Waals surface area contributed by atoms with E-state index in [4.69, 9.17) is 0 Å². The summed E-state index contributed by atoms with van der Waals surface area (Å²) in [6.45, 7) is -3.06. The van der Waals surface area contributed by atoms with Gasteiger partial charge >= 0.3 is 6.61 Å². The topological polar surface area (TPSA) is 58.6 Å². The third-order valence-electron chi connectivity index (χ3n) is 3.07. The first-order valence-corrected chi connectivity index (χ1v) is 9.02. The Morgan fingerprint density at radius 1 is 1.17 bits per heavy atom. The largest absolute Gasteiger partial charge is 0.433 e. The highest BCUT2D eigenvalue weighted by Gasteiger charge is 2.21. The highest BCUT2D eigenvalue weighted by molar-refractivity contribution is 9.10. The lowest BCUT2D eigenvalue weighted by molar-refractivity contribution is -0.0493. The molecule has 0 unspecified atom stereocenters. The van der Waals surface area contributed by atoms with Gasteiger partial charge in [-0.2, -0.15) is 8.78 Å². The summed E-state index contributed by atoms with van der Waals surface area (Å²) < 4.78 is 57.1. The maximum absolute atomic E-state index is 12.6. The number of hydrogen-bond donors (Lipinski definition) is 1. The fourth-order valence-electron chi connectivity index (χ4n) is 1.93. The van der Waals surface area contributed by atoms with Gasteiger partial charge in [-0.3, -0.25) is 4.72 Å². The highest BCUT2D eigenvalue weighted by Crippen LogP contribution is 2.31. The zero-order valence-electron chi connectivity index (χ0n) is 12.8. The minimum atomic E-state index is -4.01. The van der Waals surface area contributed by atoms with Gasteiger partial charge in [-0.1, -0.05) is 12.1 Å². The molecule has 9 heteroatoms. The first-order valence-electron chi connectivity index (χ1n) is 6.74. The van der Waals surface area contributed by atoms with E-state index in [2.05, 4.69) is 25.4 Å². The van der Waals surface area contributed by atoms with Crippen LogP contribution < -0.4 is 14.4 Å². The van der Waals surface area contributed by atoms with Crippen LogP contribution in [0, 0.1) is 0 Å². The van der Waals surface area contributed by atoms with Crippen LogP contribution >= 0.6 is 15.9 Å². The van der Waals surface area contributed by atoms with Gasteiger partial charge in [-0.25, -0.2) is 8.42 Å². The summed E-state index contributed by atoms with van der Waals surface area (Å²) in [4.78, 5) is 1.74. The molecule has 0 aromatic heterocycles. The lowest BCUT2D eigenvalue weighted by atomic mass is 10.3. The molecular formula is C15H15BrF2N2O3S. The molecule has 5 nitrogen and oxygen atoms in total. The molecule has 0 saturated heterocycles. The van der Waals surface area contributed by atoms with E-state index in [9.17, 15) is 17.2 Å². The second-order valence-corrected chi connectivity index (χ2v) is 7.49. The van der Waals surface area contributed by atoms with Crippen LogP contribution in [0.2, 0.25) is 0 Å². The Morgan fingerprint density at radius 3 is 2.46 bits per heavy atom. The molecule has 0 amide bonds. The minimum absolute atomic E-state index is 0.0134. The second-order valence-electron chi connectivity index (χ2n) is 4.99. The third-order valence-corrected chi connectivity index (χ3v) is 5.43. The molecule has 2 aromatic rings. The van der Waals surface area contributed by atoms with Crippen molar-refractivity contribution in [1.82, 2.24) is 0 Å². The fraction of sp³-hybridized carbons (Fsp3) is 0.200. The van der Waals surface area contributed by atoms with Crippen LogP contribution in [0.3, 0.4) is 0 Å². The molecule has 0 saturated carbocycles. The number of sulfonamides is 1. The van der Waals surface area contributed by atoms with Crippen LogP contribution in [0.1, 0.15) is 0 Å². The number of nitrogens with zero attached hydrogens (tertiary/aromatic N) is 1. The quantitative estimate of drug-likeness (QED) is 0.769. The first-order chi connectivity index (χ1) is 11.2. The van der Waals surface area contributed by atoms with Crippen LogP contribution in [0.5, 0.6) is 5.75 Å². The maximum atomic E-state index is 12.6. The summed E-state index contributed by atoms with van der Waals surface area (Å²) >= 11 is 3.20. The van der Waals surface area contributed by atoms with Crippen molar-refractivity contribution in [2.75, 3.05) is 23.7 Å². The highest BCUT2D eigenvalue weighted by atomic mass is 79.9. The lowest BCUT2D eigenvalue weighted by Crippen LogP contribution is -2.16. The zero-order chi connectivity index (χ0) is 17.9. The molecule has 24 heavy (non-hydrogen) atoms. The van der Waals surface area contributed by atoms with Gasteiger partial charge in [0, 0.05) is 24.3 Å².